The summed E-state index contributed by atoms with van der Waals surface area (Å²) in [5, 5.41) is 0. The maximum absolute atomic E-state index is 12.6. The number of carbonyl (C=O) groups is 2. The number of allylic oxidation sites excluding steroid dienone is 8. The van der Waals surface area contributed by atoms with Crippen molar-refractivity contribution in [3.05, 3.63) is 46.1 Å². The predicted molar refractivity (Wildman–Crippen MR) is 99.7 cm³/mol. The molecule has 0 amide bonds. The minimum atomic E-state index is -0.189. The highest BCUT2D eigenvalue weighted by atomic mass is 16.1. The van der Waals surface area contributed by atoms with Crippen molar-refractivity contribution >= 4 is 11.6 Å². The van der Waals surface area contributed by atoms with Gasteiger partial charge in [-0.25, -0.2) is 0 Å². The van der Waals surface area contributed by atoms with Crippen molar-refractivity contribution in [2.75, 3.05) is 0 Å². The van der Waals surface area contributed by atoms with Crippen LogP contribution in [-0.4, -0.2) is 11.6 Å². The smallest absolute Gasteiger partial charge is 0.185 e. The molecule has 0 saturated carbocycles. The van der Waals surface area contributed by atoms with E-state index in [-0.39, 0.29) is 28.3 Å². The van der Waals surface area contributed by atoms with Crippen LogP contribution in [0.25, 0.3) is 0 Å². The van der Waals surface area contributed by atoms with Crippen molar-refractivity contribution in [3.8, 4) is 0 Å². The zero-order valence-electron chi connectivity index (χ0n) is 16.3. The molecule has 1 atom stereocenters. The first-order valence-electron chi connectivity index (χ1n) is 8.77. The van der Waals surface area contributed by atoms with Gasteiger partial charge in [-0.05, 0) is 53.0 Å². The topological polar surface area (TPSA) is 34.1 Å². The minimum absolute atomic E-state index is 0.00968. The lowest BCUT2D eigenvalue weighted by atomic mass is 9.72. The fraction of sp³-hybridized carbons (Fsp3) is 0.545. The summed E-state index contributed by atoms with van der Waals surface area (Å²) in [5.74, 6) is 0.371. The molecule has 0 saturated heterocycles. The molecule has 0 spiro atoms. The maximum Gasteiger partial charge on any atom is 0.185 e. The van der Waals surface area contributed by atoms with E-state index in [1.807, 2.05) is 26.0 Å². The predicted octanol–water partition coefficient (Wildman–Crippen LogP) is 5.37. The molecule has 0 aliphatic heterocycles. The Hall–Kier alpha value is -1.70. The molecule has 2 aliphatic carbocycles. The van der Waals surface area contributed by atoms with Crippen LogP contribution >= 0.6 is 0 Å². The van der Waals surface area contributed by atoms with Gasteiger partial charge in [0.2, 0.25) is 0 Å². The Kier molecular flexibility index (Phi) is 4.65. The molecule has 0 N–H and O–H groups in total. The van der Waals surface area contributed by atoms with Crippen LogP contribution in [0.1, 0.15) is 61.8 Å². The van der Waals surface area contributed by atoms with Crippen molar-refractivity contribution in [1.29, 1.82) is 0 Å². The van der Waals surface area contributed by atoms with Crippen LogP contribution in [0, 0.1) is 16.7 Å². The Labute approximate surface area is 146 Å². The van der Waals surface area contributed by atoms with Crippen LogP contribution in [-0.2, 0) is 9.59 Å². The molecule has 0 aromatic carbocycles. The highest BCUT2D eigenvalue weighted by Crippen LogP contribution is 2.39. The first-order chi connectivity index (χ1) is 10.8. The Morgan fingerprint density at radius 1 is 0.875 bits per heavy atom. The van der Waals surface area contributed by atoms with E-state index >= 15 is 0 Å². The normalized spacial score (nSPS) is 26.2. The number of rotatable bonds is 0. The van der Waals surface area contributed by atoms with Gasteiger partial charge in [0.05, 0.1) is 0 Å². The molecule has 0 aromatic heterocycles. The van der Waals surface area contributed by atoms with Crippen LogP contribution in [0.5, 0.6) is 0 Å². The van der Waals surface area contributed by atoms with Gasteiger partial charge in [0.1, 0.15) is 0 Å². The van der Waals surface area contributed by atoms with E-state index in [9.17, 15) is 9.59 Å². The van der Waals surface area contributed by atoms with Crippen LogP contribution in [0.15, 0.2) is 46.1 Å². The fourth-order valence-corrected chi connectivity index (χ4v) is 3.30. The lowest BCUT2D eigenvalue weighted by Crippen LogP contribution is -2.27. The molecular formula is C22H30O2. The van der Waals surface area contributed by atoms with Crippen molar-refractivity contribution in [2.45, 2.75) is 61.8 Å². The third-order valence-electron chi connectivity index (χ3n) is 4.82. The number of hydrogen-bond donors (Lipinski definition) is 0. The largest absolute Gasteiger partial charge is 0.294 e. The Balaban J connectivity index is 2.66. The molecule has 0 radical (unpaired) electrons. The van der Waals surface area contributed by atoms with E-state index in [1.54, 1.807) is 0 Å². The van der Waals surface area contributed by atoms with Gasteiger partial charge >= 0.3 is 0 Å². The van der Waals surface area contributed by atoms with E-state index in [2.05, 4.69) is 47.6 Å². The second kappa shape index (κ2) is 5.98. The summed E-state index contributed by atoms with van der Waals surface area (Å²) in [6, 6.07) is 0. The highest BCUT2D eigenvalue weighted by Gasteiger charge is 2.33. The second-order valence-electron chi connectivity index (χ2n) is 9.22. The quantitative estimate of drug-likeness (QED) is 0.600. The summed E-state index contributed by atoms with van der Waals surface area (Å²) in [6.07, 6.45) is 6.81. The number of hydrogen-bond acceptors (Lipinski definition) is 2. The van der Waals surface area contributed by atoms with E-state index in [0.717, 1.165) is 28.7 Å². The zero-order valence-corrected chi connectivity index (χ0v) is 16.3. The summed E-state index contributed by atoms with van der Waals surface area (Å²) >= 11 is 0. The van der Waals surface area contributed by atoms with Gasteiger partial charge in [-0.3, -0.25) is 9.59 Å². The van der Waals surface area contributed by atoms with Crippen molar-refractivity contribution in [3.63, 3.8) is 0 Å². The molecule has 0 heterocycles. The van der Waals surface area contributed by atoms with Crippen LogP contribution in [0.2, 0.25) is 0 Å². The van der Waals surface area contributed by atoms with E-state index in [0.29, 0.717) is 0 Å². The van der Waals surface area contributed by atoms with Crippen molar-refractivity contribution < 1.29 is 9.59 Å². The van der Waals surface area contributed by atoms with Crippen molar-refractivity contribution in [1.82, 2.24) is 0 Å². The Bertz CT molecular complexity index is 710. The summed E-state index contributed by atoms with van der Waals surface area (Å²) in [4.78, 5) is 25.1. The van der Waals surface area contributed by atoms with Crippen LogP contribution in [0.4, 0.5) is 0 Å². The average Bonchev–Trinajstić information content (AvgIpc) is 2.41. The summed E-state index contributed by atoms with van der Waals surface area (Å²) in [7, 11) is 0. The number of ketones is 2. The molecule has 0 bridgehead atoms. The summed E-state index contributed by atoms with van der Waals surface area (Å²) < 4.78 is 0. The molecule has 1 unspecified atom stereocenters. The SMILES string of the molecule is CC1=C/C(=C2\C=C(C(C)(C)C)C(=O)C(C)C2)C=C(C(C)(C)C)C1=O. The van der Waals surface area contributed by atoms with Crippen LogP contribution < -0.4 is 0 Å². The van der Waals surface area contributed by atoms with Gasteiger partial charge in [-0.2, -0.15) is 0 Å². The first kappa shape index (κ1) is 18.6. The zero-order chi connectivity index (χ0) is 18.4. The van der Waals surface area contributed by atoms with Gasteiger partial charge in [0.25, 0.3) is 0 Å². The average molecular weight is 326 g/mol. The van der Waals surface area contributed by atoms with Gasteiger partial charge in [-0.1, -0.05) is 54.5 Å². The van der Waals surface area contributed by atoms with E-state index in [4.69, 9.17) is 0 Å². The summed E-state index contributed by atoms with van der Waals surface area (Å²) in [5.41, 5.74) is 4.40. The fourth-order valence-electron chi connectivity index (χ4n) is 3.30. The third-order valence-corrected chi connectivity index (χ3v) is 4.82. The molecule has 0 aromatic rings. The van der Waals surface area contributed by atoms with Gasteiger partial charge in [0, 0.05) is 17.1 Å². The van der Waals surface area contributed by atoms with Crippen LogP contribution in [0.3, 0.4) is 0 Å². The molecule has 2 rings (SSSR count). The minimum Gasteiger partial charge on any atom is -0.294 e. The second-order valence-corrected chi connectivity index (χ2v) is 9.22. The lowest BCUT2D eigenvalue weighted by Gasteiger charge is -2.31. The standard InChI is InChI=1S/C22H30O2/c1-13-9-15(11-17(19(13)23)21(3,4)5)16-10-14(2)20(24)18(12-16)22(6,7)8/h9,11-12,14H,10H2,1-8H3/b16-15+. The molecule has 0 fully saturated rings. The van der Waals surface area contributed by atoms with E-state index in [1.165, 1.54) is 5.57 Å². The molecule has 2 heteroatoms. The molecular weight excluding hydrogens is 296 g/mol. The van der Waals surface area contributed by atoms with E-state index < -0.39 is 0 Å². The molecule has 130 valence electrons. The monoisotopic (exact) mass is 326 g/mol. The Morgan fingerprint density at radius 3 is 1.92 bits per heavy atom. The Morgan fingerprint density at radius 2 is 1.42 bits per heavy atom. The molecule has 2 aliphatic rings. The highest BCUT2D eigenvalue weighted by molar-refractivity contribution is 6.10. The summed E-state index contributed by atoms with van der Waals surface area (Å²) in [6.45, 7) is 16.3. The van der Waals surface area contributed by atoms with Gasteiger partial charge in [-0.15, -0.1) is 0 Å². The number of Topliss-reactive ketones (excluding diaryl/α,β-unsaturated/α-hetero) is 2. The maximum atomic E-state index is 12.6. The molecule has 2 nitrogen and oxygen atoms in total. The third kappa shape index (κ3) is 3.53. The lowest BCUT2D eigenvalue weighted by molar-refractivity contribution is -0.120. The van der Waals surface area contributed by atoms with Gasteiger partial charge in [0.15, 0.2) is 11.6 Å². The van der Waals surface area contributed by atoms with Crippen molar-refractivity contribution in [2.24, 2.45) is 16.7 Å². The first-order valence-corrected chi connectivity index (χ1v) is 8.77. The number of carbonyl (C=O) groups excluding carboxylic acids is 2. The molecule has 24 heavy (non-hydrogen) atoms. The van der Waals surface area contributed by atoms with Gasteiger partial charge < -0.3 is 0 Å².